The Morgan fingerprint density at radius 1 is 1.40 bits per heavy atom. The van der Waals surface area contributed by atoms with Gasteiger partial charge in [-0.3, -0.25) is 4.90 Å². The lowest BCUT2D eigenvalue weighted by molar-refractivity contribution is 0.141. The van der Waals surface area contributed by atoms with Crippen molar-refractivity contribution in [3.8, 4) is 0 Å². The van der Waals surface area contributed by atoms with Crippen LogP contribution in [0.4, 0.5) is 0 Å². The molecule has 0 radical (unpaired) electrons. The normalized spacial score (nSPS) is 37.6. The topological polar surface area (TPSA) is 27.3 Å². The Hall–Kier alpha value is 0.170. The Morgan fingerprint density at radius 3 is 2.80 bits per heavy atom. The van der Waals surface area contributed by atoms with Gasteiger partial charge in [0.2, 0.25) is 0 Å². The van der Waals surface area contributed by atoms with Crippen LogP contribution in [0.2, 0.25) is 0 Å². The van der Waals surface area contributed by atoms with Gasteiger partial charge < -0.3 is 10.6 Å². The molecule has 2 aliphatic heterocycles. The Balaban J connectivity index is 0.00000112. The highest BCUT2D eigenvalue weighted by molar-refractivity contribution is 5.85. The zero-order valence-corrected chi connectivity index (χ0v) is 10.7. The Kier molecular flexibility index (Phi) is 4.84. The van der Waals surface area contributed by atoms with Crippen LogP contribution in [0.25, 0.3) is 0 Å². The quantitative estimate of drug-likeness (QED) is 0.736. The van der Waals surface area contributed by atoms with E-state index in [9.17, 15) is 0 Å². The van der Waals surface area contributed by atoms with Gasteiger partial charge in [0, 0.05) is 38.8 Å². The van der Waals surface area contributed by atoms with Crippen molar-refractivity contribution >= 4 is 12.4 Å². The minimum absolute atomic E-state index is 0. The first-order chi connectivity index (χ1) is 6.68. The van der Waals surface area contributed by atoms with Crippen molar-refractivity contribution in [1.82, 2.24) is 15.5 Å². The molecule has 2 rings (SSSR count). The zero-order valence-electron chi connectivity index (χ0n) is 9.88. The molecule has 2 fully saturated rings. The second kappa shape index (κ2) is 5.48. The number of hydrogen-bond donors (Lipinski definition) is 2. The fraction of sp³-hybridized carbons (Fsp3) is 1.00. The van der Waals surface area contributed by atoms with Crippen molar-refractivity contribution in [3.63, 3.8) is 0 Å². The Morgan fingerprint density at radius 2 is 2.20 bits per heavy atom. The summed E-state index contributed by atoms with van der Waals surface area (Å²) in [5.41, 5.74) is 0.525. The van der Waals surface area contributed by atoms with E-state index < -0.39 is 0 Å². The molecule has 0 aromatic rings. The standard InChI is InChI=1S/C11H23N3.ClH/c1-10-7-14(6-5-13-10)9-11(2)3-4-12-8-11;/h10,12-13H,3-9H2,1-2H3;1H/t10-,11?;/m1./s1. The molecule has 90 valence electrons. The largest absolute Gasteiger partial charge is 0.316 e. The molecule has 2 atom stereocenters. The third-order valence-electron chi connectivity index (χ3n) is 3.52. The summed E-state index contributed by atoms with van der Waals surface area (Å²) in [6, 6.07) is 0.668. The van der Waals surface area contributed by atoms with Gasteiger partial charge in [0.1, 0.15) is 0 Å². The molecule has 2 N–H and O–H groups in total. The molecule has 0 aromatic heterocycles. The first kappa shape index (κ1) is 13.2. The smallest absolute Gasteiger partial charge is 0.0167 e. The SMILES string of the molecule is C[C@@H]1CN(CC2(C)CCNC2)CCN1.Cl. The summed E-state index contributed by atoms with van der Waals surface area (Å²) in [7, 11) is 0. The van der Waals surface area contributed by atoms with E-state index in [1.54, 1.807) is 0 Å². The van der Waals surface area contributed by atoms with Gasteiger partial charge in [-0.25, -0.2) is 0 Å². The van der Waals surface area contributed by atoms with Crippen LogP contribution in [0.5, 0.6) is 0 Å². The lowest BCUT2D eigenvalue weighted by Crippen LogP contribution is -2.52. The lowest BCUT2D eigenvalue weighted by atomic mass is 9.89. The number of nitrogens with one attached hydrogen (secondary N) is 2. The highest BCUT2D eigenvalue weighted by atomic mass is 35.5. The molecule has 0 saturated carbocycles. The summed E-state index contributed by atoms with van der Waals surface area (Å²) in [5.74, 6) is 0. The summed E-state index contributed by atoms with van der Waals surface area (Å²) in [5, 5.41) is 6.96. The van der Waals surface area contributed by atoms with Crippen LogP contribution in [0.15, 0.2) is 0 Å². The highest BCUT2D eigenvalue weighted by Gasteiger charge is 2.31. The molecule has 0 bridgehead atoms. The maximum Gasteiger partial charge on any atom is 0.0167 e. The van der Waals surface area contributed by atoms with Crippen LogP contribution in [0.1, 0.15) is 20.3 Å². The van der Waals surface area contributed by atoms with Crippen LogP contribution in [-0.4, -0.2) is 50.2 Å². The number of nitrogens with zero attached hydrogens (tertiary/aromatic N) is 1. The second-order valence-electron chi connectivity index (χ2n) is 5.33. The molecule has 2 saturated heterocycles. The monoisotopic (exact) mass is 233 g/mol. The molecule has 0 aliphatic carbocycles. The average Bonchev–Trinajstić information content (AvgIpc) is 2.51. The van der Waals surface area contributed by atoms with Crippen molar-refractivity contribution in [3.05, 3.63) is 0 Å². The molecule has 3 nitrogen and oxygen atoms in total. The van der Waals surface area contributed by atoms with Crippen LogP contribution < -0.4 is 10.6 Å². The maximum atomic E-state index is 3.49. The molecule has 2 aliphatic rings. The Bertz CT molecular complexity index is 192. The van der Waals surface area contributed by atoms with Crippen molar-refractivity contribution in [2.24, 2.45) is 5.41 Å². The first-order valence-corrected chi connectivity index (χ1v) is 5.84. The number of rotatable bonds is 2. The van der Waals surface area contributed by atoms with Gasteiger partial charge >= 0.3 is 0 Å². The van der Waals surface area contributed by atoms with Crippen LogP contribution >= 0.6 is 12.4 Å². The molecule has 1 unspecified atom stereocenters. The average molecular weight is 234 g/mol. The van der Waals surface area contributed by atoms with Crippen molar-refractivity contribution in [2.45, 2.75) is 26.3 Å². The zero-order chi connectivity index (χ0) is 10.0. The second-order valence-corrected chi connectivity index (χ2v) is 5.33. The Labute approximate surface area is 99.4 Å². The molecule has 2 heterocycles. The lowest BCUT2D eigenvalue weighted by Gasteiger charge is -2.37. The van der Waals surface area contributed by atoms with Crippen LogP contribution in [-0.2, 0) is 0 Å². The predicted molar refractivity (Wildman–Crippen MR) is 66.7 cm³/mol. The van der Waals surface area contributed by atoms with E-state index in [0.29, 0.717) is 11.5 Å². The molecule has 4 heteroatoms. The maximum absolute atomic E-state index is 3.49. The summed E-state index contributed by atoms with van der Waals surface area (Å²) in [6.45, 7) is 12.0. The van der Waals surface area contributed by atoms with E-state index >= 15 is 0 Å². The van der Waals surface area contributed by atoms with Gasteiger partial charge in [-0.05, 0) is 25.3 Å². The van der Waals surface area contributed by atoms with Gasteiger partial charge in [0.15, 0.2) is 0 Å². The molecular formula is C11H24ClN3. The summed E-state index contributed by atoms with van der Waals surface area (Å²) >= 11 is 0. The fourth-order valence-corrected chi connectivity index (χ4v) is 2.70. The third-order valence-corrected chi connectivity index (χ3v) is 3.52. The molecule has 0 spiro atoms. The van der Waals surface area contributed by atoms with Gasteiger partial charge in [-0.2, -0.15) is 0 Å². The minimum Gasteiger partial charge on any atom is -0.316 e. The van der Waals surface area contributed by atoms with Gasteiger partial charge in [-0.1, -0.05) is 6.92 Å². The van der Waals surface area contributed by atoms with Crippen LogP contribution in [0.3, 0.4) is 0 Å². The third kappa shape index (κ3) is 3.59. The first-order valence-electron chi connectivity index (χ1n) is 5.84. The molecule has 0 aromatic carbocycles. The van der Waals surface area contributed by atoms with Gasteiger partial charge in [0.25, 0.3) is 0 Å². The number of hydrogen-bond acceptors (Lipinski definition) is 3. The van der Waals surface area contributed by atoms with E-state index in [-0.39, 0.29) is 12.4 Å². The molecule has 15 heavy (non-hydrogen) atoms. The molecule has 0 amide bonds. The van der Waals surface area contributed by atoms with E-state index in [4.69, 9.17) is 0 Å². The summed E-state index contributed by atoms with van der Waals surface area (Å²) < 4.78 is 0. The fourth-order valence-electron chi connectivity index (χ4n) is 2.70. The number of piperazine rings is 1. The van der Waals surface area contributed by atoms with Gasteiger partial charge in [-0.15, -0.1) is 12.4 Å². The van der Waals surface area contributed by atoms with Crippen LogP contribution in [0, 0.1) is 5.41 Å². The summed E-state index contributed by atoms with van der Waals surface area (Å²) in [4.78, 5) is 2.62. The van der Waals surface area contributed by atoms with E-state index in [1.807, 2.05) is 0 Å². The number of halogens is 1. The van der Waals surface area contributed by atoms with Crippen molar-refractivity contribution in [1.29, 1.82) is 0 Å². The predicted octanol–water partition coefficient (Wildman–Crippen LogP) is 0.701. The van der Waals surface area contributed by atoms with Crippen molar-refractivity contribution < 1.29 is 0 Å². The van der Waals surface area contributed by atoms with E-state index in [0.717, 1.165) is 6.54 Å². The molecular weight excluding hydrogens is 210 g/mol. The van der Waals surface area contributed by atoms with Gasteiger partial charge in [0.05, 0.1) is 0 Å². The van der Waals surface area contributed by atoms with E-state index in [1.165, 1.54) is 39.1 Å². The van der Waals surface area contributed by atoms with E-state index in [2.05, 4.69) is 29.4 Å². The minimum atomic E-state index is 0. The summed E-state index contributed by atoms with van der Waals surface area (Å²) in [6.07, 6.45) is 1.34. The van der Waals surface area contributed by atoms with Crippen molar-refractivity contribution in [2.75, 3.05) is 39.3 Å². The highest BCUT2D eigenvalue weighted by Crippen LogP contribution is 2.25.